The van der Waals surface area contributed by atoms with Crippen LogP contribution in [0.15, 0.2) is 17.2 Å². The van der Waals surface area contributed by atoms with E-state index in [4.69, 9.17) is 0 Å². The summed E-state index contributed by atoms with van der Waals surface area (Å²) in [6.07, 6.45) is 8.70. The van der Waals surface area contributed by atoms with Crippen molar-refractivity contribution in [2.45, 2.75) is 39.2 Å². The van der Waals surface area contributed by atoms with Crippen molar-refractivity contribution >= 4 is 5.82 Å². The first kappa shape index (κ1) is 10.8. The molecule has 2 heterocycles. The first-order chi connectivity index (χ1) is 8.24. The highest BCUT2D eigenvalue weighted by atomic mass is 16.1. The summed E-state index contributed by atoms with van der Waals surface area (Å²) in [5.41, 5.74) is 0.590. The molecule has 1 aromatic rings. The molecular formula is C13H19N3O. The average Bonchev–Trinajstić information content (AvgIpc) is 3.09. The molecule has 1 saturated heterocycles. The summed E-state index contributed by atoms with van der Waals surface area (Å²) in [5, 5.41) is 0. The Labute approximate surface area is 101 Å². The maximum absolute atomic E-state index is 12.2. The monoisotopic (exact) mass is 233 g/mol. The number of hydrogen-bond donors (Lipinski definition) is 0. The van der Waals surface area contributed by atoms with Crippen molar-refractivity contribution in [2.24, 2.45) is 5.41 Å². The fraction of sp³-hybridized carbons (Fsp3) is 0.692. The maximum atomic E-state index is 12.2. The highest BCUT2D eigenvalue weighted by molar-refractivity contribution is 5.37. The first-order valence-electron chi connectivity index (χ1n) is 6.54. The molecule has 17 heavy (non-hydrogen) atoms. The van der Waals surface area contributed by atoms with E-state index < -0.39 is 0 Å². The van der Waals surface area contributed by atoms with Gasteiger partial charge in [-0.05, 0) is 38.0 Å². The third kappa shape index (κ3) is 1.85. The van der Waals surface area contributed by atoms with Crippen molar-refractivity contribution in [1.29, 1.82) is 0 Å². The van der Waals surface area contributed by atoms with E-state index in [2.05, 4.69) is 9.88 Å². The van der Waals surface area contributed by atoms with Gasteiger partial charge in [0.25, 0.3) is 5.56 Å². The minimum atomic E-state index is 0.0627. The van der Waals surface area contributed by atoms with E-state index in [9.17, 15) is 4.79 Å². The van der Waals surface area contributed by atoms with Crippen molar-refractivity contribution in [3.63, 3.8) is 0 Å². The van der Waals surface area contributed by atoms with Gasteiger partial charge in [-0.25, -0.2) is 4.98 Å². The Morgan fingerprint density at radius 3 is 2.94 bits per heavy atom. The van der Waals surface area contributed by atoms with Crippen LogP contribution in [0.4, 0.5) is 5.82 Å². The van der Waals surface area contributed by atoms with Crippen molar-refractivity contribution < 1.29 is 0 Å². The Morgan fingerprint density at radius 2 is 2.24 bits per heavy atom. The fourth-order valence-corrected chi connectivity index (χ4v) is 2.88. The lowest BCUT2D eigenvalue weighted by Gasteiger charge is -2.33. The number of aryl methyl sites for hydroxylation is 1. The van der Waals surface area contributed by atoms with Gasteiger partial charge in [-0.2, -0.15) is 0 Å². The summed E-state index contributed by atoms with van der Waals surface area (Å²) in [6, 6.07) is 0. The summed E-state index contributed by atoms with van der Waals surface area (Å²) in [4.78, 5) is 18.7. The molecule has 0 N–H and O–H groups in total. The summed E-state index contributed by atoms with van der Waals surface area (Å²) in [7, 11) is 0. The van der Waals surface area contributed by atoms with Gasteiger partial charge in [-0.15, -0.1) is 0 Å². The molecule has 0 unspecified atom stereocenters. The second-order valence-corrected chi connectivity index (χ2v) is 5.37. The highest BCUT2D eigenvalue weighted by Crippen LogP contribution is 2.52. The summed E-state index contributed by atoms with van der Waals surface area (Å²) >= 11 is 0. The quantitative estimate of drug-likeness (QED) is 0.779. The Morgan fingerprint density at radius 1 is 1.41 bits per heavy atom. The van der Waals surface area contributed by atoms with Crippen LogP contribution in [0.1, 0.15) is 32.6 Å². The molecule has 1 saturated carbocycles. The lowest BCUT2D eigenvalue weighted by molar-refractivity contribution is 0.392. The maximum Gasteiger partial charge on any atom is 0.293 e. The van der Waals surface area contributed by atoms with E-state index in [0.29, 0.717) is 17.8 Å². The van der Waals surface area contributed by atoms with Gasteiger partial charge in [0, 0.05) is 32.0 Å². The smallest absolute Gasteiger partial charge is 0.293 e. The summed E-state index contributed by atoms with van der Waals surface area (Å²) in [5.74, 6) is 0.653. The van der Waals surface area contributed by atoms with Gasteiger partial charge in [0.2, 0.25) is 0 Å². The molecule has 0 atom stereocenters. The molecule has 0 bridgehead atoms. The second-order valence-electron chi connectivity index (χ2n) is 5.37. The van der Waals surface area contributed by atoms with E-state index in [1.54, 1.807) is 17.0 Å². The summed E-state index contributed by atoms with van der Waals surface area (Å²) in [6.45, 7) is 4.72. The molecule has 0 radical (unpaired) electrons. The Kier molecular flexibility index (Phi) is 2.45. The van der Waals surface area contributed by atoms with Crippen LogP contribution in [0.3, 0.4) is 0 Å². The third-order valence-corrected chi connectivity index (χ3v) is 4.15. The molecule has 1 aromatic heterocycles. The van der Waals surface area contributed by atoms with E-state index >= 15 is 0 Å². The zero-order chi connectivity index (χ0) is 11.9. The number of piperidine rings is 1. The van der Waals surface area contributed by atoms with Gasteiger partial charge < -0.3 is 9.47 Å². The Balaban J connectivity index is 1.90. The van der Waals surface area contributed by atoms with Crippen LogP contribution in [-0.2, 0) is 6.54 Å². The molecule has 1 aliphatic heterocycles. The number of hydrogen-bond acceptors (Lipinski definition) is 3. The predicted molar refractivity (Wildman–Crippen MR) is 67.3 cm³/mol. The number of aromatic nitrogens is 2. The Hall–Kier alpha value is -1.32. The van der Waals surface area contributed by atoms with E-state index in [-0.39, 0.29) is 5.56 Å². The average molecular weight is 233 g/mol. The van der Waals surface area contributed by atoms with Gasteiger partial charge in [-0.3, -0.25) is 4.79 Å². The van der Waals surface area contributed by atoms with Gasteiger partial charge in [0.15, 0.2) is 5.82 Å². The molecule has 1 aliphatic carbocycles. The standard InChI is InChI=1S/C13H19N3O/c1-2-15-9-7-14-11(12(15)17)16-8-3-4-13(10-16)5-6-13/h7,9H,2-6,8,10H2,1H3. The minimum Gasteiger partial charge on any atom is -0.351 e. The van der Waals surface area contributed by atoms with Crippen LogP contribution < -0.4 is 10.5 Å². The van der Waals surface area contributed by atoms with E-state index in [1.807, 2.05) is 6.92 Å². The number of nitrogens with zero attached hydrogens (tertiary/aromatic N) is 3. The third-order valence-electron chi connectivity index (χ3n) is 4.15. The van der Waals surface area contributed by atoms with Crippen molar-refractivity contribution in [3.05, 3.63) is 22.7 Å². The molecule has 0 amide bonds. The normalized spacial score (nSPS) is 21.8. The largest absolute Gasteiger partial charge is 0.351 e. The fourth-order valence-electron chi connectivity index (χ4n) is 2.88. The van der Waals surface area contributed by atoms with Crippen molar-refractivity contribution in [2.75, 3.05) is 18.0 Å². The van der Waals surface area contributed by atoms with Crippen LogP contribution in [0, 0.1) is 5.41 Å². The predicted octanol–water partition coefficient (Wildman–Crippen LogP) is 1.64. The van der Waals surface area contributed by atoms with Gasteiger partial charge in [0.1, 0.15) is 0 Å². The molecule has 2 fully saturated rings. The zero-order valence-electron chi connectivity index (χ0n) is 10.4. The van der Waals surface area contributed by atoms with Gasteiger partial charge in [-0.1, -0.05) is 0 Å². The topological polar surface area (TPSA) is 38.1 Å². The lowest BCUT2D eigenvalue weighted by atomic mass is 9.95. The molecular weight excluding hydrogens is 214 g/mol. The lowest BCUT2D eigenvalue weighted by Crippen LogP contribution is -2.41. The molecule has 0 aromatic carbocycles. The Bertz CT molecular complexity index is 476. The van der Waals surface area contributed by atoms with Crippen LogP contribution in [-0.4, -0.2) is 22.6 Å². The summed E-state index contributed by atoms with van der Waals surface area (Å²) < 4.78 is 1.73. The van der Waals surface area contributed by atoms with Crippen molar-refractivity contribution in [3.8, 4) is 0 Å². The molecule has 3 rings (SSSR count). The number of rotatable bonds is 2. The first-order valence-corrected chi connectivity index (χ1v) is 6.54. The van der Waals surface area contributed by atoms with E-state index in [0.717, 1.165) is 13.1 Å². The molecule has 4 nitrogen and oxygen atoms in total. The van der Waals surface area contributed by atoms with Crippen LogP contribution in [0.5, 0.6) is 0 Å². The minimum absolute atomic E-state index is 0.0627. The van der Waals surface area contributed by atoms with E-state index in [1.165, 1.54) is 25.7 Å². The molecule has 1 spiro atoms. The van der Waals surface area contributed by atoms with Gasteiger partial charge in [0.05, 0.1) is 0 Å². The molecule has 2 aliphatic rings. The molecule has 4 heteroatoms. The van der Waals surface area contributed by atoms with Crippen LogP contribution in [0.25, 0.3) is 0 Å². The zero-order valence-corrected chi connectivity index (χ0v) is 10.4. The van der Waals surface area contributed by atoms with Crippen molar-refractivity contribution in [1.82, 2.24) is 9.55 Å². The van der Waals surface area contributed by atoms with Crippen LogP contribution >= 0.6 is 0 Å². The highest BCUT2D eigenvalue weighted by Gasteiger charge is 2.45. The second kappa shape index (κ2) is 3.86. The number of anilines is 1. The molecule has 92 valence electrons. The SMILES string of the molecule is CCn1ccnc(N2CCCC3(CC3)C2)c1=O. The van der Waals surface area contributed by atoms with Crippen LogP contribution in [0.2, 0.25) is 0 Å². The van der Waals surface area contributed by atoms with Gasteiger partial charge >= 0.3 is 0 Å².